The van der Waals surface area contributed by atoms with Gasteiger partial charge in [0.05, 0.1) is 1.37 Å². The van der Waals surface area contributed by atoms with Crippen molar-refractivity contribution in [3.8, 4) is 0 Å². The van der Waals surface area contributed by atoms with Gasteiger partial charge in [0, 0.05) is 26.3 Å². The monoisotopic (exact) mass is 143 g/mol. The van der Waals surface area contributed by atoms with E-state index in [1.807, 2.05) is 0 Å². The molecule has 1 aliphatic carbocycles. The average Bonchev–Trinajstić information content (AvgIpc) is 2.34. The fourth-order valence-corrected chi connectivity index (χ4v) is 0.961. The first kappa shape index (κ1) is 1.90. The smallest absolute Gasteiger partial charge is 0.160 e. The van der Waals surface area contributed by atoms with Crippen LogP contribution in [0.15, 0.2) is 23.9 Å². The van der Waals surface area contributed by atoms with Crippen LogP contribution >= 0.6 is 0 Å². The standard InChI is InChI=1S/C9H13N/c1-7-6-10-9-5-3-2-4-8(7)9/h2-3,5,7-8,10H,4,6H2,1H3/i2D,4D2,6D2,7D,8D/hD. The molecule has 1 heteroatoms. The van der Waals surface area contributed by atoms with Crippen LogP contribution in [0, 0.1) is 11.8 Å². The van der Waals surface area contributed by atoms with Gasteiger partial charge in [0.25, 0.3) is 0 Å². The summed E-state index contributed by atoms with van der Waals surface area (Å²) < 4.78 is 62.8. The second-order valence-electron chi connectivity index (χ2n) is 2.21. The van der Waals surface area contributed by atoms with Crippen LogP contribution in [-0.4, -0.2) is 6.50 Å². The Kier molecular flexibility index (Phi) is 0.410. The van der Waals surface area contributed by atoms with Crippen LogP contribution in [0.25, 0.3) is 0 Å². The molecule has 2 unspecified atom stereocenters. The van der Waals surface area contributed by atoms with Crippen molar-refractivity contribution in [3.05, 3.63) is 23.9 Å². The molecule has 1 aliphatic heterocycles. The van der Waals surface area contributed by atoms with Crippen LogP contribution < -0.4 is 5.31 Å². The molecule has 2 rings (SSSR count). The van der Waals surface area contributed by atoms with Gasteiger partial charge in [0.1, 0.15) is 0 Å². The zero-order valence-corrected chi connectivity index (χ0v) is 5.60. The largest absolute Gasteiger partial charge is 0.388 e. The summed E-state index contributed by atoms with van der Waals surface area (Å²) in [6.07, 6.45) is -0.223. The number of allylic oxidation sites excluding steroid dienone is 4. The number of nitrogens with one attached hydrogen (secondary N) is 1. The van der Waals surface area contributed by atoms with Crippen molar-refractivity contribution < 1.29 is 11.0 Å². The van der Waals surface area contributed by atoms with Crippen molar-refractivity contribution in [3.63, 3.8) is 0 Å². The number of fused-ring (bicyclic) bond motifs is 1. The van der Waals surface area contributed by atoms with E-state index < -0.39 is 30.7 Å². The van der Waals surface area contributed by atoms with Crippen LogP contribution in [0.1, 0.15) is 22.9 Å². The Balaban J connectivity index is 2.77. The van der Waals surface area contributed by atoms with Gasteiger partial charge in [-0.2, -0.15) is 0 Å². The first-order valence-corrected chi connectivity index (χ1v) is 3.11. The van der Waals surface area contributed by atoms with Gasteiger partial charge in [-0.1, -0.05) is 19.1 Å². The minimum Gasteiger partial charge on any atom is -0.388 e. The van der Waals surface area contributed by atoms with E-state index >= 15 is 0 Å². The van der Waals surface area contributed by atoms with Gasteiger partial charge in [0.15, 0.2) is 1.41 Å². The van der Waals surface area contributed by atoms with Crippen LogP contribution in [0.3, 0.4) is 0 Å². The molecule has 1 fully saturated rings. The van der Waals surface area contributed by atoms with Crippen molar-refractivity contribution in [2.45, 2.75) is 13.3 Å². The molecule has 0 radical (unpaired) electrons. The molecule has 0 bridgehead atoms. The highest BCUT2D eigenvalue weighted by Gasteiger charge is 2.27. The Morgan fingerprint density at radius 2 is 3.00 bits per heavy atom. The summed E-state index contributed by atoms with van der Waals surface area (Å²) in [4.78, 5) is 0. The summed E-state index contributed by atoms with van der Waals surface area (Å²) in [6.45, 7) is -1.41. The highest BCUT2D eigenvalue weighted by atomic mass is 14.9. The predicted molar refractivity (Wildman–Crippen MR) is 42.5 cm³/mol. The van der Waals surface area contributed by atoms with Gasteiger partial charge in [-0.15, -0.1) is 0 Å². The summed E-state index contributed by atoms with van der Waals surface area (Å²) in [7, 11) is 0. The summed E-state index contributed by atoms with van der Waals surface area (Å²) in [5.41, 5.74) is -0.231. The fraction of sp³-hybridized carbons (Fsp3) is 0.556. The molecule has 0 spiro atoms. The summed E-state index contributed by atoms with van der Waals surface area (Å²) in [5.74, 6) is -4.53. The summed E-state index contributed by atoms with van der Waals surface area (Å²) in [5, 5.41) is 0.383. The molecule has 0 saturated carbocycles. The van der Waals surface area contributed by atoms with Crippen molar-refractivity contribution in [1.29, 1.82) is 0 Å². The number of rotatable bonds is 0. The Labute approximate surface area is 73.1 Å². The zero-order chi connectivity index (χ0) is 14.1. The van der Waals surface area contributed by atoms with Crippen LogP contribution in [-0.2, 0) is 0 Å². The molecule has 0 amide bonds. The Morgan fingerprint density at radius 3 is 3.90 bits per heavy atom. The highest BCUT2D eigenvalue weighted by molar-refractivity contribution is 5.23. The molecule has 0 aromatic rings. The maximum atomic E-state index is 8.27. The number of hydrogen-bond donors (Lipinski definition) is 1. The van der Waals surface area contributed by atoms with E-state index in [4.69, 9.17) is 11.0 Å². The fourth-order valence-electron chi connectivity index (χ4n) is 0.961. The lowest BCUT2D eigenvalue weighted by atomic mass is 9.90. The van der Waals surface area contributed by atoms with Gasteiger partial charge in [-0.3, -0.25) is 0 Å². The third kappa shape index (κ3) is 0.772. The molecular weight excluding hydrogens is 122 g/mol. The number of hydrogen-bond acceptors (Lipinski definition) is 1. The Morgan fingerprint density at radius 1 is 2.10 bits per heavy atom. The third-order valence-electron chi connectivity index (χ3n) is 1.50. The van der Waals surface area contributed by atoms with Crippen molar-refractivity contribution in [2.75, 3.05) is 6.50 Å². The van der Waals surface area contributed by atoms with Gasteiger partial charge < -0.3 is 5.31 Å². The molecule has 0 aromatic carbocycles. The second kappa shape index (κ2) is 2.15. The average molecular weight is 143 g/mol. The lowest BCUT2D eigenvalue weighted by Crippen LogP contribution is -2.08. The molecular formula is C9H13N. The Hall–Kier alpha value is -0.720. The van der Waals surface area contributed by atoms with Crippen molar-refractivity contribution in [2.24, 2.45) is 11.8 Å². The molecule has 1 saturated heterocycles. The predicted octanol–water partition coefficient (Wildman–Crippen LogP) is 1.69. The SMILES string of the molecule is [2H]C1=CC=C2N([2H])C([2H])([2H])C([2H])(C)C2([2H])C1([2H])[2H]. The van der Waals surface area contributed by atoms with Gasteiger partial charge in [-0.05, 0) is 18.3 Å². The first-order valence-electron chi connectivity index (χ1n) is 7.06. The minimum atomic E-state index is -2.52. The lowest BCUT2D eigenvalue weighted by molar-refractivity contribution is 0.483. The second-order valence-corrected chi connectivity index (χ2v) is 2.21. The lowest BCUT2D eigenvalue weighted by Gasteiger charge is -2.15. The van der Waals surface area contributed by atoms with Gasteiger partial charge in [0.2, 0.25) is 0 Å². The molecule has 1 nitrogen and oxygen atoms in total. The highest BCUT2D eigenvalue weighted by Crippen LogP contribution is 2.30. The van der Waals surface area contributed by atoms with Crippen LogP contribution in [0.5, 0.6) is 0 Å². The van der Waals surface area contributed by atoms with E-state index in [-0.39, 0.29) is 5.70 Å². The van der Waals surface area contributed by atoms with E-state index in [2.05, 4.69) is 0 Å². The minimum absolute atomic E-state index is 0.231. The van der Waals surface area contributed by atoms with Gasteiger partial charge in [-0.25, -0.2) is 0 Å². The zero-order valence-electron chi connectivity index (χ0n) is 13.6. The first-order chi connectivity index (χ1) is 7.92. The maximum absolute atomic E-state index is 8.27. The van der Waals surface area contributed by atoms with E-state index in [9.17, 15) is 0 Å². The molecule has 10 heavy (non-hydrogen) atoms. The van der Waals surface area contributed by atoms with Crippen LogP contribution in [0.4, 0.5) is 0 Å². The molecule has 0 aromatic heterocycles. The molecule has 1 heterocycles. The van der Waals surface area contributed by atoms with Crippen molar-refractivity contribution >= 4 is 0 Å². The van der Waals surface area contributed by atoms with E-state index in [1.165, 1.54) is 6.08 Å². The molecule has 2 atom stereocenters. The topological polar surface area (TPSA) is 12.0 Å². The van der Waals surface area contributed by atoms with E-state index in [0.29, 0.717) is 5.31 Å². The Bertz CT molecular complexity index is 465. The third-order valence-corrected chi connectivity index (χ3v) is 1.50. The summed E-state index contributed by atoms with van der Waals surface area (Å²) >= 11 is 0. The quantitative estimate of drug-likeness (QED) is 0.544. The molecule has 2 aliphatic rings. The normalized spacial score (nSPS) is 75.1. The maximum Gasteiger partial charge on any atom is 0.160 e. The van der Waals surface area contributed by atoms with Crippen LogP contribution in [0.2, 0.25) is 1.41 Å². The summed E-state index contributed by atoms with van der Waals surface area (Å²) in [6, 6.07) is -0.481. The van der Waals surface area contributed by atoms with E-state index in [0.717, 1.165) is 13.0 Å². The van der Waals surface area contributed by atoms with Crippen molar-refractivity contribution in [1.82, 2.24) is 5.31 Å². The van der Waals surface area contributed by atoms with E-state index in [1.54, 1.807) is 0 Å². The molecule has 54 valence electrons. The molecule has 1 N–H and O–H groups in total. The van der Waals surface area contributed by atoms with Gasteiger partial charge >= 0.3 is 0 Å².